The van der Waals surface area contributed by atoms with Crippen LogP contribution in [0.2, 0.25) is 0 Å². The zero-order chi connectivity index (χ0) is 20.6. The van der Waals surface area contributed by atoms with Gasteiger partial charge in [0.05, 0.1) is 30.8 Å². The first kappa shape index (κ1) is 26.1. The molecule has 0 saturated heterocycles. The van der Waals surface area contributed by atoms with E-state index in [0.29, 0.717) is 6.26 Å². The zero-order valence-corrected chi connectivity index (χ0v) is 18.8. The molecular formula is C22H41NO3S. The summed E-state index contributed by atoms with van der Waals surface area (Å²) in [5.41, 5.74) is 1.46. The zero-order valence-electron chi connectivity index (χ0n) is 18.0. The van der Waals surface area contributed by atoms with Crippen LogP contribution in [0.1, 0.15) is 76.7 Å². The average molecular weight is 400 g/mol. The fourth-order valence-electron chi connectivity index (χ4n) is 3.18. The Balaban J connectivity index is 0.00000119. The molecule has 0 bridgehead atoms. The van der Waals surface area contributed by atoms with E-state index in [9.17, 15) is 0 Å². The average Bonchev–Trinajstić information content (AvgIpc) is 2.55. The Bertz CT molecular complexity index is 548. The van der Waals surface area contributed by atoms with Crippen LogP contribution >= 0.6 is 0 Å². The second-order valence-electron chi connectivity index (χ2n) is 8.19. The highest BCUT2D eigenvalue weighted by Gasteiger charge is 2.14. The van der Waals surface area contributed by atoms with Crippen molar-refractivity contribution in [2.75, 3.05) is 26.9 Å². The summed E-state index contributed by atoms with van der Waals surface area (Å²) in [7, 11) is 0.807. The fraction of sp³-hybridized carbons (Fsp3) is 0.727. The van der Waals surface area contributed by atoms with Gasteiger partial charge in [-0.3, -0.25) is 0 Å². The molecular weight excluding hydrogens is 358 g/mol. The Morgan fingerprint density at radius 1 is 0.815 bits per heavy atom. The summed E-state index contributed by atoms with van der Waals surface area (Å²) >= 11 is 0. The Hall–Kier alpha value is -0.910. The number of rotatable bonds is 13. The van der Waals surface area contributed by atoms with Crippen LogP contribution in [0.5, 0.6) is 0 Å². The van der Waals surface area contributed by atoms with Gasteiger partial charge in [-0.05, 0) is 12.8 Å². The number of quaternary nitrogens is 1. The molecule has 0 aliphatic carbocycles. The highest BCUT2D eigenvalue weighted by molar-refractivity contribution is 7.84. The maximum Gasteiger partial charge on any atom is 0.104 e. The van der Waals surface area contributed by atoms with Crippen LogP contribution in [0.4, 0.5) is 0 Å². The molecule has 0 aliphatic heterocycles. The summed E-state index contributed by atoms with van der Waals surface area (Å²) in [4.78, 5) is 0. The predicted octanol–water partition coefficient (Wildman–Crippen LogP) is 5.35. The van der Waals surface area contributed by atoms with Crippen LogP contribution in [0.15, 0.2) is 30.3 Å². The number of benzene rings is 1. The van der Waals surface area contributed by atoms with E-state index in [-0.39, 0.29) is 0 Å². The van der Waals surface area contributed by atoms with E-state index in [0.717, 1.165) is 11.0 Å². The quantitative estimate of drug-likeness (QED) is 0.255. The summed E-state index contributed by atoms with van der Waals surface area (Å²) < 4.78 is 28.3. The summed E-state index contributed by atoms with van der Waals surface area (Å²) in [6.07, 6.45) is 14.8. The molecule has 5 heteroatoms. The number of nitrogens with zero attached hydrogens (tertiary/aromatic N) is 1. The minimum atomic E-state index is -3.92. The van der Waals surface area contributed by atoms with E-state index in [1.54, 1.807) is 0 Å². The molecule has 0 atom stereocenters. The molecule has 0 aromatic heterocycles. The van der Waals surface area contributed by atoms with E-state index >= 15 is 0 Å². The number of unbranched alkanes of at least 4 members (excludes halogenated alkanes) is 9. The lowest BCUT2D eigenvalue weighted by Gasteiger charge is -2.30. The first-order valence-electron chi connectivity index (χ1n) is 10.4. The van der Waals surface area contributed by atoms with E-state index in [4.69, 9.17) is 13.0 Å². The third-order valence-corrected chi connectivity index (χ3v) is 4.57. The van der Waals surface area contributed by atoms with Crippen molar-refractivity contribution < 1.29 is 17.5 Å². The van der Waals surface area contributed by atoms with Crippen molar-refractivity contribution in [3.63, 3.8) is 0 Å². The van der Waals surface area contributed by atoms with Crippen molar-refractivity contribution in [3.05, 3.63) is 35.9 Å². The normalized spacial score (nSPS) is 11.7. The molecule has 0 fully saturated rings. The Labute approximate surface area is 168 Å². The van der Waals surface area contributed by atoms with Crippen molar-refractivity contribution in [3.8, 4) is 0 Å². The van der Waals surface area contributed by atoms with Gasteiger partial charge >= 0.3 is 0 Å². The molecule has 0 radical (unpaired) electrons. The Morgan fingerprint density at radius 2 is 1.22 bits per heavy atom. The minimum absolute atomic E-state index is 0.604. The van der Waals surface area contributed by atoms with E-state index < -0.39 is 10.1 Å². The summed E-state index contributed by atoms with van der Waals surface area (Å²) in [5, 5.41) is 0. The van der Waals surface area contributed by atoms with Crippen molar-refractivity contribution in [1.29, 1.82) is 0 Å². The van der Waals surface area contributed by atoms with Crippen LogP contribution in [0.25, 0.3) is 0 Å². The van der Waals surface area contributed by atoms with Gasteiger partial charge in [-0.15, -0.1) is 0 Å². The maximum absolute atomic E-state index is 9.08. The smallest absolute Gasteiger partial charge is 0.104 e. The molecule has 1 aromatic carbocycles. The van der Waals surface area contributed by atoms with Crippen LogP contribution in [0, 0.1) is 0 Å². The van der Waals surface area contributed by atoms with Gasteiger partial charge in [0.2, 0.25) is 0 Å². The first-order valence-corrected chi connectivity index (χ1v) is 12.2. The molecule has 0 aliphatic rings. The fourth-order valence-corrected chi connectivity index (χ4v) is 3.18. The third kappa shape index (κ3) is 21.2. The molecule has 0 saturated carbocycles. The lowest BCUT2D eigenvalue weighted by atomic mass is 10.1. The van der Waals surface area contributed by atoms with E-state index in [1.165, 1.54) is 76.3 Å². The van der Waals surface area contributed by atoms with Crippen LogP contribution in [0.3, 0.4) is 0 Å². The SMILES string of the molecule is CCCCCCCCCCCC[N+](C)(C)Cc1ccccc1.CS(=O)(=O)[O-]. The van der Waals surface area contributed by atoms with E-state index in [2.05, 4.69) is 51.4 Å². The van der Waals surface area contributed by atoms with E-state index in [1.807, 2.05) is 0 Å². The number of hydrogen-bond acceptors (Lipinski definition) is 3. The lowest BCUT2D eigenvalue weighted by Crippen LogP contribution is -2.39. The van der Waals surface area contributed by atoms with Gasteiger partial charge in [-0.2, -0.15) is 0 Å². The number of hydrogen-bond donors (Lipinski definition) is 0. The Morgan fingerprint density at radius 3 is 1.67 bits per heavy atom. The molecule has 0 heterocycles. The van der Waals surface area contributed by atoms with Gasteiger partial charge in [0.25, 0.3) is 0 Å². The highest BCUT2D eigenvalue weighted by atomic mass is 32.2. The summed E-state index contributed by atoms with van der Waals surface area (Å²) in [5.74, 6) is 0. The molecule has 1 aromatic rings. The van der Waals surface area contributed by atoms with Gasteiger partial charge < -0.3 is 9.04 Å². The van der Waals surface area contributed by atoms with Crippen molar-refractivity contribution in [2.45, 2.75) is 77.7 Å². The third-order valence-electron chi connectivity index (χ3n) is 4.57. The molecule has 4 nitrogen and oxygen atoms in total. The van der Waals surface area contributed by atoms with Crippen molar-refractivity contribution in [2.24, 2.45) is 0 Å². The Kier molecular flexibility index (Phi) is 14.6. The van der Waals surface area contributed by atoms with Crippen molar-refractivity contribution >= 4 is 10.1 Å². The molecule has 0 amide bonds. The molecule has 158 valence electrons. The minimum Gasteiger partial charge on any atom is -0.748 e. The van der Waals surface area contributed by atoms with Crippen molar-refractivity contribution in [1.82, 2.24) is 0 Å². The standard InChI is InChI=1S/C21H38N.CH4O3S/c1-4-5-6-7-8-9-10-11-12-16-19-22(2,3)20-21-17-14-13-15-18-21;1-5(2,3)4/h13-15,17-18H,4-12,16,19-20H2,1-3H3;1H3,(H,2,3,4)/q+1;/p-1. The van der Waals surface area contributed by atoms with Crippen LogP contribution in [-0.2, 0) is 16.7 Å². The van der Waals surface area contributed by atoms with Crippen LogP contribution in [-0.4, -0.2) is 44.3 Å². The van der Waals surface area contributed by atoms with Crippen LogP contribution < -0.4 is 0 Å². The molecule has 1 rings (SSSR count). The maximum atomic E-state index is 9.08. The summed E-state index contributed by atoms with van der Waals surface area (Å²) in [6, 6.07) is 10.9. The second kappa shape index (κ2) is 15.1. The molecule has 27 heavy (non-hydrogen) atoms. The van der Waals surface area contributed by atoms with Gasteiger partial charge in [-0.1, -0.05) is 88.6 Å². The topological polar surface area (TPSA) is 57.2 Å². The van der Waals surface area contributed by atoms with Gasteiger partial charge in [0, 0.05) is 11.8 Å². The summed E-state index contributed by atoms with van der Waals surface area (Å²) in [6.45, 7) is 4.74. The molecule has 0 unspecified atom stereocenters. The molecule has 0 spiro atoms. The van der Waals surface area contributed by atoms with Gasteiger partial charge in [0.15, 0.2) is 0 Å². The predicted molar refractivity (Wildman–Crippen MR) is 115 cm³/mol. The highest BCUT2D eigenvalue weighted by Crippen LogP contribution is 2.13. The lowest BCUT2D eigenvalue weighted by molar-refractivity contribution is -0.903. The monoisotopic (exact) mass is 399 g/mol. The second-order valence-corrected chi connectivity index (χ2v) is 9.60. The molecule has 0 N–H and O–H groups in total. The largest absolute Gasteiger partial charge is 0.748 e. The van der Waals surface area contributed by atoms with Gasteiger partial charge in [-0.25, -0.2) is 8.42 Å². The first-order chi connectivity index (χ1) is 12.6. The van der Waals surface area contributed by atoms with Gasteiger partial charge in [0.1, 0.15) is 6.54 Å².